The summed E-state index contributed by atoms with van der Waals surface area (Å²) in [6.07, 6.45) is 5.54. The molecule has 0 aliphatic carbocycles. The summed E-state index contributed by atoms with van der Waals surface area (Å²) in [5.41, 5.74) is 0. The van der Waals surface area contributed by atoms with Gasteiger partial charge in [-0.15, -0.1) is 0 Å². The maximum atomic E-state index is 2.89. The van der Waals surface area contributed by atoms with E-state index in [2.05, 4.69) is 19.9 Å². The predicted molar refractivity (Wildman–Crippen MR) is 62.2 cm³/mol. The fraction of sp³-hybridized carbons (Fsp3) is 0.500. The average molecular weight is 171 g/mol. The van der Waals surface area contributed by atoms with Crippen molar-refractivity contribution in [3.8, 4) is 0 Å². The SMILES string of the molecule is CCCCCC.[LiH].[c]1ccccc1. The van der Waals surface area contributed by atoms with Crippen LogP contribution in [0.4, 0.5) is 0 Å². The van der Waals surface area contributed by atoms with E-state index in [4.69, 9.17) is 0 Å². The molecule has 0 atom stereocenters. The molecule has 0 saturated heterocycles. The zero-order chi connectivity index (χ0) is 9.07. The quantitative estimate of drug-likeness (QED) is 0.483. The molecule has 1 aromatic rings. The van der Waals surface area contributed by atoms with Crippen LogP contribution in [-0.2, 0) is 0 Å². The number of benzene rings is 1. The second-order valence-electron chi connectivity index (χ2n) is 2.78. The Balaban J connectivity index is 0. The molecule has 0 N–H and O–H groups in total. The smallest absolute Gasteiger partial charge is 0.0184 e. The van der Waals surface area contributed by atoms with Crippen molar-refractivity contribution >= 4 is 18.9 Å². The van der Waals surface area contributed by atoms with Crippen LogP contribution < -0.4 is 0 Å². The molecular weight excluding hydrogens is 151 g/mol. The molecule has 0 nitrogen and oxygen atoms in total. The van der Waals surface area contributed by atoms with E-state index in [0.717, 1.165) is 0 Å². The average Bonchev–Trinajstić information content (AvgIpc) is 2.18. The molecule has 0 aromatic heterocycles. The van der Waals surface area contributed by atoms with Crippen molar-refractivity contribution in [2.24, 2.45) is 0 Å². The van der Waals surface area contributed by atoms with Crippen molar-refractivity contribution in [1.82, 2.24) is 0 Å². The van der Waals surface area contributed by atoms with Crippen LogP contribution in [0.25, 0.3) is 0 Å². The van der Waals surface area contributed by atoms with Crippen molar-refractivity contribution in [3.63, 3.8) is 0 Å². The molecule has 0 saturated carbocycles. The molecule has 0 heterocycles. The van der Waals surface area contributed by atoms with E-state index in [9.17, 15) is 0 Å². The van der Waals surface area contributed by atoms with Crippen LogP contribution in [-0.4, -0.2) is 18.9 Å². The summed E-state index contributed by atoms with van der Waals surface area (Å²) in [4.78, 5) is 0. The first kappa shape index (κ1) is 15.3. The maximum absolute atomic E-state index is 2.89. The van der Waals surface area contributed by atoms with Crippen LogP contribution in [0.5, 0.6) is 0 Å². The van der Waals surface area contributed by atoms with E-state index >= 15 is 0 Å². The van der Waals surface area contributed by atoms with Crippen molar-refractivity contribution in [2.45, 2.75) is 39.5 Å². The molecule has 1 rings (SSSR count). The zero-order valence-corrected chi connectivity index (χ0v) is 8.22. The standard InChI is InChI=1S/C6H5.C6H14.Li.H/c1-2-4-6-5-3-1;1-3-5-6-4-2;;/h1-5H;3-6H2,1-2H3;;. The van der Waals surface area contributed by atoms with Crippen LogP contribution in [0.15, 0.2) is 30.3 Å². The van der Waals surface area contributed by atoms with E-state index in [1.54, 1.807) is 0 Å². The van der Waals surface area contributed by atoms with Gasteiger partial charge >= 0.3 is 18.9 Å². The molecule has 1 aromatic carbocycles. The van der Waals surface area contributed by atoms with Crippen molar-refractivity contribution in [2.75, 3.05) is 0 Å². The molecule has 1 radical (unpaired) electrons. The largest absolute Gasteiger partial charge is 0.0622 e. The third-order valence-electron chi connectivity index (χ3n) is 1.56. The van der Waals surface area contributed by atoms with Gasteiger partial charge in [0.1, 0.15) is 0 Å². The summed E-state index contributed by atoms with van der Waals surface area (Å²) in [5, 5.41) is 0. The van der Waals surface area contributed by atoms with Gasteiger partial charge in [0.15, 0.2) is 0 Å². The van der Waals surface area contributed by atoms with Crippen molar-refractivity contribution in [3.05, 3.63) is 36.4 Å². The van der Waals surface area contributed by atoms with Gasteiger partial charge in [-0.2, -0.15) is 0 Å². The minimum Gasteiger partial charge on any atom is -0.0622 e. The molecule has 0 fully saturated rings. The molecule has 0 bridgehead atoms. The summed E-state index contributed by atoms with van der Waals surface area (Å²) < 4.78 is 0. The summed E-state index contributed by atoms with van der Waals surface area (Å²) >= 11 is 0. The molecule has 0 spiro atoms. The van der Waals surface area contributed by atoms with Crippen molar-refractivity contribution < 1.29 is 0 Å². The maximum Gasteiger partial charge on any atom is -0.0184 e. The first-order chi connectivity index (χ1) is 5.91. The molecule has 13 heavy (non-hydrogen) atoms. The number of rotatable bonds is 3. The normalized spacial score (nSPS) is 7.85. The summed E-state index contributed by atoms with van der Waals surface area (Å²) in [6.45, 7) is 4.46. The van der Waals surface area contributed by atoms with Crippen molar-refractivity contribution in [1.29, 1.82) is 0 Å². The van der Waals surface area contributed by atoms with Crippen LogP contribution in [0.1, 0.15) is 39.5 Å². The van der Waals surface area contributed by atoms with Crippen LogP contribution in [0, 0.1) is 6.07 Å². The predicted octanol–water partition coefficient (Wildman–Crippen LogP) is 3.42. The minimum absolute atomic E-state index is 0. The first-order valence-corrected chi connectivity index (χ1v) is 4.82. The zero-order valence-electron chi connectivity index (χ0n) is 8.22. The fourth-order valence-electron chi connectivity index (χ4n) is 0.842. The fourth-order valence-corrected chi connectivity index (χ4v) is 0.842. The van der Waals surface area contributed by atoms with Gasteiger partial charge in [0, 0.05) is 0 Å². The second-order valence-corrected chi connectivity index (χ2v) is 2.78. The van der Waals surface area contributed by atoms with Gasteiger partial charge in [0.05, 0.1) is 0 Å². The molecular formula is C12H20Li. The third kappa shape index (κ3) is 14.6. The molecule has 1 heteroatoms. The van der Waals surface area contributed by atoms with Gasteiger partial charge in [0.25, 0.3) is 0 Å². The molecule has 0 aliphatic rings. The van der Waals surface area contributed by atoms with E-state index in [1.807, 2.05) is 30.3 Å². The van der Waals surface area contributed by atoms with Gasteiger partial charge in [-0.05, 0) is 6.07 Å². The third-order valence-corrected chi connectivity index (χ3v) is 1.56. The summed E-state index contributed by atoms with van der Waals surface area (Å²) in [7, 11) is 0. The van der Waals surface area contributed by atoms with Crippen LogP contribution in [0.2, 0.25) is 0 Å². The Labute approximate surface area is 94.9 Å². The van der Waals surface area contributed by atoms with Crippen LogP contribution in [0.3, 0.4) is 0 Å². The molecule has 69 valence electrons. The first-order valence-electron chi connectivity index (χ1n) is 4.82. The Hall–Kier alpha value is -0.183. The topological polar surface area (TPSA) is 0 Å². The number of unbranched alkanes of at least 4 members (excludes halogenated alkanes) is 3. The molecule has 0 amide bonds. The van der Waals surface area contributed by atoms with Gasteiger partial charge in [0.2, 0.25) is 0 Å². The molecule has 0 aliphatic heterocycles. The second kappa shape index (κ2) is 14.3. The Kier molecular flexibility index (Phi) is 16.9. The monoisotopic (exact) mass is 171 g/mol. The Morgan fingerprint density at radius 2 is 1.31 bits per heavy atom. The Bertz CT molecular complexity index is 118. The van der Waals surface area contributed by atoms with E-state index in [1.165, 1.54) is 25.7 Å². The Morgan fingerprint density at radius 3 is 1.46 bits per heavy atom. The van der Waals surface area contributed by atoms with E-state index < -0.39 is 0 Å². The summed E-state index contributed by atoms with van der Waals surface area (Å²) in [5.74, 6) is 0. The van der Waals surface area contributed by atoms with Gasteiger partial charge in [-0.1, -0.05) is 69.9 Å². The van der Waals surface area contributed by atoms with Gasteiger partial charge in [-0.25, -0.2) is 0 Å². The number of hydrogen-bond acceptors (Lipinski definition) is 0. The van der Waals surface area contributed by atoms with Crippen LogP contribution >= 0.6 is 0 Å². The summed E-state index contributed by atoms with van der Waals surface area (Å²) in [6, 6.07) is 12.5. The van der Waals surface area contributed by atoms with E-state index in [-0.39, 0.29) is 18.9 Å². The number of hydrogen-bond donors (Lipinski definition) is 0. The van der Waals surface area contributed by atoms with Gasteiger partial charge < -0.3 is 0 Å². The Morgan fingerprint density at radius 1 is 0.846 bits per heavy atom. The van der Waals surface area contributed by atoms with E-state index in [0.29, 0.717) is 0 Å². The van der Waals surface area contributed by atoms with Gasteiger partial charge in [-0.3, -0.25) is 0 Å². The molecule has 0 unspecified atom stereocenters. The minimum atomic E-state index is 0.